The van der Waals surface area contributed by atoms with Crippen molar-refractivity contribution in [2.75, 3.05) is 18.9 Å². The van der Waals surface area contributed by atoms with Gasteiger partial charge in [0, 0.05) is 10.7 Å². The largest absolute Gasteiger partial charge is 0.459 e. The summed E-state index contributed by atoms with van der Waals surface area (Å²) in [6, 6.07) is 0.868. The number of aromatic nitrogens is 1. The minimum Gasteiger partial charge on any atom is -0.459 e. The van der Waals surface area contributed by atoms with Gasteiger partial charge in [-0.05, 0) is 22.0 Å². The maximum Gasteiger partial charge on any atom is 0.359 e. The first-order valence-corrected chi connectivity index (χ1v) is 5.41. The summed E-state index contributed by atoms with van der Waals surface area (Å²) < 4.78 is 5.50. The molecule has 0 saturated heterocycles. The second-order valence-electron chi connectivity index (χ2n) is 3.02. The van der Waals surface area contributed by atoms with Crippen LogP contribution in [0.4, 0.5) is 10.5 Å². The molecule has 0 aliphatic carbocycles. The summed E-state index contributed by atoms with van der Waals surface area (Å²) in [6.07, 6.45) is 1.44. The molecule has 17 heavy (non-hydrogen) atoms. The smallest absolute Gasteiger partial charge is 0.359 e. The molecule has 1 aromatic rings. The lowest BCUT2D eigenvalue weighted by molar-refractivity contribution is 0.0505. The molecular formula is C9H11BrN4O3. The predicted molar refractivity (Wildman–Crippen MR) is 64.2 cm³/mol. The monoisotopic (exact) mass is 302 g/mol. The number of hydrogen-bond acceptors (Lipinski definition) is 5. The fourth-order valence-corrected chi connectivity index (χ4v) is 1.36. The summed E-state index contributed by atoms with van der Waals surface area (Å²) in [4.78, 5) is 25.7. The van der Waals surface area contributed by atoms with E-state index >= 15 is 0 Å². The van der Waals surface area contributed by atoms with Gasteiger partial charge < -0.3 is 21.5 Å². The lowest BCUT2D eigenvalue weighted by Gasteiger charge is -2.06. The molecule has 0 radical (unpaired) electrons. The maximum absolute atomic E-state index is 11.5. The van der Waals surface area contributed by atoms with E-state index in [1.54, 1.807) is 6.07 Å². The van der Waals surface area contributed by atoms with Gasteiger partial charge in [-0.15, -0.1) is 0 Å². The zero-order chi connectivity index (χ0) is 12.8. The number of nitrogens with two attached hydrogens (primary N) is 2. The fraction of sp³-hybridized carbons (Fsp3) is 0.222. The first kappa shape index (κ1) is 13.2. The van der Waals surface area contributed by atoms with E-state index in [4.69, 9.17) is 16.2 Å². The van der Waals surface area contributed by atoms with Crippen LogP contribution in [0.2, 0.25) is 0 Å². The van der Waals surface area contributed by atoms with Crippen LogP contribution >= 0.6 is 15.9 Å². The van der Waals surface area contributed by atoms with Crippen molar-refractivity contribution in [2.45, 2.75) is 0 Å². The Hall–Kier alpha value is -1.83. The SMILES string of the molecule is NC(=O)NCCOC(=O)c1ncc(Br)cc1N. The Kier molecular flexibility index (Phi) is 4.70. The number of nitrogen functional groups attached to an aromatic ring is 1. The molecule has 1 aromatic heterocycles. The number of carbonyl (C=O) groups is 2. The Morgan fingerprint density at radius 1 is 1.53 bits per heavy atom. The number of rotatable bonds is 4. The molecule has 0 aromatic carbocycles. The molecule has 7 nitrogen and oxygen atoms in total. The van der Waals surface area contributed by atoms with Crippen LogP contribution in [-0.4, -0.2) is 30.1 Å². The van der Waals surface area contributed by atoms with E-state index in [2.05, 4.69) is 26.2 Å². The molecular weight excluding hydrogens is 292 g/mol. The van der Waals surface area contributed by atoms with E-state index in [-0.39, 0.29) is 24.5 Å². The second-order valence-corrected chi connectivity index (χ2v) is 3.93. The van der Waals surface area contributed by atoms with Crippen LogP contribution in [0.1, 0.15) is 10.5 Å². The lowest BCUT2D eigenvalue weighted by atomic mass is 10.3. The molecule has 0 aliphatic rings. The van der Waals surface area contributed by atoms with Crippen molar-refractivity contribution in [3.63, 3.8) is 0 Å². The van der Waals surface area contributed by atoms with Crippen molar-refractivity contribution in [2.24, 2.45) is 5.73 Å². The number of primary amides is 1. The molecule has 0 fully saturated rings. The Morgan fingerprint density at radius 3 is 2.82 bits per heavy atom. The molecule has 1 rings (SSSR count). The van der Waals surface area contributed by atoms with E-state index in [9.17, 15) is 9.59 Å². The normalized spacial score (nSPS) is 9.71. The first-order valence-electron chi connectivity index (χ1n) is 4.62. The Balaban J connectivity index is 2.50. The average Bonchev–Trinajstić information content (AvgIpc) is 2.23. The van der Waals surface area contributed by atoms with Crippen LogP contribution in [-0.2, 0) is 4.74 Å². The van der Waals surface area contributed by atoms with Crippen LogP contribution in [0.25, 0.3) is 0 Å². The molecule has 0 bridgehead atoms. The van der Waals surface area contributed by atoms with Gasteiger partial charge in [0.2, 0.25) is 0 Å². The number of anilines is 1. The van der Waals surface area contributed by atoms with E-state index in [0.717, 1.165) is 0 Å². The van der Waals surface area contributed by atoms with Crippen LogP contribution < -0.4 is 16.8 Å². The van der Waals surface area contributed by atoms with E-state index < -0.39 is 12.0 Å². The zero-order valence-corrected chi connectivity index (χ0v) is 10.4. The van der Waals surface area contributed by atoms with Crippen LogP contribution in [0, 0.1) is 0 Å². The number of nitrogens with zero attached hydrogens (tertiary/aromatic N) is 1. The number of carbonyl (C=O) groups excluding carboxylic acids is 2. The number of amides is 2. The topological polar surface area (TPSA) is 120 Å². The first-order chi connectivity index (χ1) is 8.00. The van der Waals surface area contributed by atoms with Crippen LogP contribution in [0.15, 0.2) is 16.7 Å². The number of halogens is 1. The highest BCUT2D eigenvalue weighted by atomic mass is 79.9. The summed E-state index contributed by atoms with van der Waals surface area (Å²) in [7, 11) is 0. The predicted octanol–water partition coefficient (Wildman–Crippen LogP) is 0.251. The molecule has 0 aliphatic heterocycles. The summed E-state index contributed by atoms with van der Waals surface area (Å²) in [5.41, 5.74) is 10.7. The minimum absolute atomic E-state index is 0.00103. The van der Waals surface area contributed by atoms with Gasteiger partial charge in [-0.25, -0.2) is 14.6 Å². The van der Waals surface area contributed by atoms with Crippen molar-refractivity contribution in [3.05, 3.63) is 22.4 Å². The fourth-order valence-electron chi connectivity index (χ4n) is 1.01. The van der Waals surface area contributed by atoms with Crippen molar-refractivity contribution in [1.82, 2.24) is 10.3 Å². The van der Waals surface area contributed by atoms with Crippen molar-refractivity contribution >= 4 is 33.6 Å². The average molecular weight is 303 g/mol. The Labute approximate surface area is 106 Å². The van der Waals surface area contributed by atoms with Crippen LogP contribution in [0.3, 0.4) is 0 Å². The second kappa shape index (κ2) is 6.04. The molecule has 0 spiro atoms. The molecule has 0 atom stereocenters. The molecule has 0 unspecified atom stereocenters. The van der Waals surface area contributed by atoms with Crippen molar-refractivity contribution < 1.29 is 14.3 Å². The van der Waals surface area contributed by atoms with Gasteiger partial charge >= 0.3 is 12.0 Å². The highest BCUT2D eigenvalue weighted by molar-refractivity contribution is 9.10. The summed E-state index contributed by atoms with van der Waals surface area (Å²) >= 11 is 3.17. The van der Waals surface area contributed by atoms with Gasteiger partial charge in [0.15, 0.2) is 5.69 Å². The molecule has 0 saturated carbocycles. The number of urea groups is 1. The number of hydrogen-bond donors (Lipinski definition) is 3. The standard InChI is InChI=1S/C9H11BrN4O3/c10-5-3-6(11)7(14-4-5)8(15)17-2-1-13-9(12)16/h3-4H,1-2,11H2,(H3,12,13,16). The Morgan fingerprint density at radius 2 is 2.24 bits per heavy atom. The number of pyridine rings is 1. The third-order valence-corrected chi connectivity index (χ3v) is 2.15. The molecule has 1 heterocycles. The van der Waals surface area contributed by atoms with Crippen molar-refractivity contribution in [3.8, 4) is 0 Å². The van der Waals surface area contributed by atoms with Gasteiger partial charge in [-0.1, -0.05) is 0 Å². The quantitative estimate of drug-likeness (QED) is 0.544. The molecule has 8 heteroatoms. The van der Waals surface area contributed by atoms with Gasteiger partial charge in [0.05, 0.1) is 12.2 Å². The number of nitrogens with one attached hydrogen (secondary N) is 1. The zero-order valence-electron chi connectivity index (χ0n) is 8.77. The van der Waals surface area contributed by atoms with Gasteiger partial charge in [0.1, 0.15) is 6.61 Å². The van der Waals surface area contributed by atoms with Crippen molar-refractivity contribution in [1.29, 1.82) is 0 Å². The Bertz CT molecular complexity index is 438. The highest BCUT2D eigenvalue weighted by Crippen LogP contribution is 2.16. The third kappa shape index (κ3) is 4.27. The molecule has 2 amide bonds. The molecule has 92 valence electrons. The van der Waals surface area contributed by atoms with E-state index in [1.807, 2.05) is 0 Å². The van der Waals surface area contributed by atoms with E-state index in [0.29, 0.717) is 4.47 Å². The van der Waals surface area contributed by atoms with Gasteiger partial charge in [0.25, 0.3) is 0 Å². The number of esters is 1. The molecule has 5 N–H and O–H groups in total. The van der Waals surface area contributed by atoms with Gasteiger partial charge in [-0.2, -0.15) is 0 Å². The van der Waals surface area contributed by atoms with Crippen LogP contribution in [0.5, 0.6) is 0 Å². The highest BCUT2D eigenvalue weighted by Gasteiger charge is 2.13. The maximum atomic E-state index is 11.5. The summed E-state index contributed by atoms with van der Waals surface area (Å²) in [5, 5.41) is 2.28. The summed E-state index contributed by atoms with van der Waals surface area (Å²) in [5.74, 6) is -0.652. The summed E-state index contributed by atoms with van der Waals surface area (Å²) in [6.45, 7) is 0.135. The van der Waals surface area contributed by atoms with E-state index in [1.165, 1.54) is 6.20 Å². The number of ether oxygens (including phenoxy) is 1. The minimum atomic E-state index is -0.678. The van der Waals surface area contributed by atoms with Gasteiger partial charge in [-0.3, -0.25) is 0 Å². The third-order valence-electron chi connectivity index (χ3n) is 1.71. The lowest BCUT2D eigenvalue weighted by Crippen LogP contribution is -2.32.